The summed E-state index contributed by atoms with van der Waals surface area (Å²) < 4.78 is 0. The number of primary amides is 3. The Morgan fingerprint density at radius 1 is 0.537 bits per heavy atom. The Kier molecular flexibility index (Phi) is 33.9. The molecule has 32 heteroatoms. The molecule has 0 radical (unpaired) electrons. The zero-order valence-electron chi connectivity index (χ0n) is 54.5. The highest BCUT2D eigenvalue weighted by Gasteiger charge is 2.42. The van der Waals surface area contributed by atoms with Gasteiger partial charge in [0.15, 0.2) is 5.96 Å². The Morgan fingerprint density at radius 3 is 1.51 bits per heavy atom. The number of nitrogens with one attached hydrogen (secondary N) is 8. The smallest absolute Gasteiger partial charge is 0.245 e. The molecular formula is C63H98N18O13S. The van der Waals surface area contributed by atoms with Crippen molar-refractivity contribution in [2.45, 2.75) is 183 Å². The van der Waals surface area contributed by atoms with Gasteiger partial charge in [-0.1, -0.05) is 74.5 Å². The Morgan fingerprint density at radius 2 is 1.01 bits per heavy atom. The topological polar surface area (TPSA) is 519 Å². The second-order valence-electron chi connectivity index (χ2n) is 24.1. The maximum Gasteiger partial charge on any atom is 0.245 e. The van der Waals surface area contributed by atoms with Crippen molar-refractivity contribution in [2.24, 2.45) is 51.0 Å². The first-order chi connectivity index (χ1) is 45.2. The minimum atomic E-state index is -1.64. The first-order valence-electron chi connectivity index (χ1n) is 32.2. The van der Waals surface area contributed by atoms with E-state index in [-0.39, 0.29) is 83.0 Å². The van der Waals surface area contributed by atoms with Gasteiger partial charge in [0.1, 0.15) is 54.4 Å². The van der Waals surface area contributed by atoms with E-state index in [2.05, 4.69) is 47.5 Å². The van der Waals surface area contributed by atoms with Crippen LogP contribution in [0.1, 0.15) is 121 Å². The lowest BCUT2D eigenvalue weighted by Crippen LogP contribution is -2.60. The molecule has 0 bridgehead atoms. The number of hydrogen-bond donors (Lipinski definition) is 15. The highest BCUT2D eigenvalue weighted by Crippen LogP contribution is 2.24. The third-order valence-corrected chi connectivity index (χ3v) is 16.7. The van der Waals surface area contributed by atoms with Crippen molar-refractivity contribution in [2.75, 3.05) is 44.7 Å². The number of unbranched alkanes of at least 4 members (excludes halogenated alkanes) is 1. The number of amides is 13. The molecule has 0 aromatic heterocycles. The van der Waals surface area contributed by atoms with Gasteiger partial charge in [-0.2, -0.15) is 11.8 Å². The molecule has 2 heterocycles. The lowest BCUT2D eigenvalue weighted by atomic mass is 10.0. The standard InChI is InChI=1S/C63H98N18O13S/c1-37(2)33-45(57(89)74-41(53(68)85)27-32-95-3)73-52(84)36-72-54(86)46(34-38-15-6-4-7-16-38)78-58(90)47(35-39-17-8-5-9-18-39)79-56(88)42(23-25-50(66)82)75-55(87)43(24-26-51(67)83)76-59(91)49-22-14-31-81(49)62(94)44(20-10-11-28-64)77-60(92)48-21-13-30-80(48)61(93)40(65)19-12-29-71-63(69)70/h4-9,15-18,37,40-49H,10-14,19-36,64-65H2,1-3H3,(H2,66,82)(H2,67,83)(H2,68,85)(H,72,86)(H,73,84)(H,74,89)(H,75,87)(H,76,91)(H,77,92)(H,78,90)(H,79,88)(H4,69,70,71)/t40-,41+,42-,43-,44+,45+,46+,47-,48+,49-/m1/s1. The van der Waals surface area contributed by atoms with Crippen molar-refractivity contribution >= 4 is 94.5 Å². The maximum absolute atomic E-state index is 14.7. The highest BCUT2D eigenvalue weighted by molar-refractivity contribution is 7.98. The van der Waals surface area contributed by atoms with Crippen molar-refractivity contribution in [3.63, 3.8) is 0 Å². The van der Waals surface area contributed by atoms with Crippen LogP contribution >= 0.6 is 11.8 Å². The fourth-order valence-electron chi connectivity index (χ4n) is 11.0. The summed E-state index contributed by atoms with van der Waals surface area (Å²) in [5, 5.41) is 21.1. The van der Waals surface area contributed by atoms with Gasteiger partial charge < -0.3 is 92.5 Å². The predicted molar refractivity (Wildman–Crippen MR) is 356 cm³/mol. The lowest BCUT2D eigenvalue weighted by Gasteiger charge is -2.32. The Balaban J connectivity index is 1.56. The van der Waals surface area contributed by atoms with E-state index >= 15 is 0 Å². The molecule has 0 aliphatic carbocycles. The van der Waals surface area contributed by atoms with E-state index in [1.54, 1.807) is 60.7 Å². The van der Waals surface area contributed by atoms with Crippen molar-refractivity contribution in [3.05, 3.63) is 71.8 Å². The van der Waals surface area contributed by atoms with Crippen LogP contribution in [0.15, 0.2) is 65.7 Å². The number of nitrogens with two attached hydrogens (primary N) is 7. The molecular weight excluding hydrogens is 1250 g/mol. The molecule has 0 saturated carbocycles. The van der Waals surface area contributed by atoms with E-state index in [1.807, 2.05) is 20.1 Å². The minimum Gasteiger partial charge on any atom is -0.370 e. The summed E-state index contributed by atoms with van der Waals surface area (Å²) in [6, 6.07) is 4.51. The van der Waals surface area contributed by atoms with Crippen LogP contribution in [0, 0.1) is 5.92 Å². The third kappa shape index (κ3) is 27.5. The molecule has 0 unspecified atom stereocenters. The van der Waals surface area contributed by atoms with Gasteiger partial charge in [0.05, 0.1) is 12.6 Å². The number of aliphatic imine (C=N–C) groups is 1. The number of benzene rings is 2. The molecule has 2 aromatic carbocycles. The number of carbonyl (C=O) groups excluding carboxylic acids is 13. The molecule has 2 aliphatic heterocycles. The van der Waals surface area contributed by atoms with Crippen LogP contribution in [-0.4, -0.2) is 198 Å². The zero-order chi connectivity index (χ0) is 70.1. The van der Waals surface area contributed by atoms with Crippen molar-refractivity contribution in [3.8, 4) is 0 Å². The van der Waals surface area contributed by atoms with E-state index in [0.717, 1.165) is 0 Å². The molecule has 0 spiro atoms. The van der Waals surface area contributed by atoms with Crippen molar-refractivity contribution < 1.29 is 62.3 Å². The quantitative estimate of drug-likeness (QED) is 0.0173. The van der Waals surface area contributed by atoms with Crippen LogP contribution in [-0.2, 0) is 75.2 Å². The van der Waals surface area contributed by atoms with Crippen LogP contribution in [0.4, 0.5) is 0 Å². The van der Waals surface area contributed by atoms with Gasteiger partial charge in [0.2, 0.25) is 76.8 Å². The van der Waals surface area contributed by atoms with E-state index in [0.29, 0.717) is 55.4 Å². The van der Waals surface area contributed by atoms with Crippen LogP contribution < -0.4 is 82.7 Å². The molecule has 13 amide bonds. The molecule has 31 nitrogen and oxygen atoms in total. The Hall–Kier alpha value is -8.91. The first kappa shape index (κ1) is 78.5. The molecule has 2 fully saturated rings. The summed E-state index contributed by atoms with van der Waals surface area (Å²) >= 11 is 1.45. The number of rotatable bonds is 42. The third-order valence-electron chi connectivity index (χ3n) is 16.0. The number of carbonyl (C=O) groups is 13. The molecule has 4 rings (SSSR count). The zero-order valence-corrected chi connectivity index (χ0v) is 55.3. The van der Waals surface area contributed by atoms with Gasteiger partial charge in [-0.05, 0) is 119 Å². The number of likely N-dealkylation sites (tertiary alicyclic amines) is 2. The molecule has 22 N–H and O–H groups in total. The first-order valence-corrected chi connectivity index (χ1v) is 33.6. The van der Waals surface area contributed by atoms with Crippen LogP contribution in [0.25, 0.3) is 0 Å². The van der Waals surface area contributed by atoms with Gasteiger partial charge in [0, 0.05) is 45.3 Å². The minimum absolute atomic E-state index is 0.0736. The SMILES string of the molecule is CSCC[C@H](NC(=O)[C@H](CC(C)C)NC(=O)CNC(=O)[C@H](Cc1ccccc1)NC(=O)[C@@H](Cc1ccccc1)NC(=O)[C@@H](CCC(N)=O)NC(=O)[C@@H](CCC(N)=O)NC(=O)[C@H]1CCCN1C(=O)[C@H](CCCCN)NC(=O)[C@@H]1CCCN1C(=O)[C@H](N)CCCN=C(N)N)C(N)=O. The van der Waals surface area contributed by atoms with Gasteiger partial charge in [-0.15, -0.1) is 0 Å². The number of hydrogen-bond acceptors (Lipinski definition) is 17. The van der Waals surface area contributed by atoms with E-state index in [1.165, 1.54) is 21.6 Å². The van der Waals surface area contributed by atoms with Crippen LogP contribution in [0.2, 0.25) is 0 Å². The average Bonchev–Trinajstić information content (AvgIpc) is 1.74. The van der Waals surface area contributed by atoms with E-state index < -0.39 is 169 Å². The molecule has 524 valence electrons. The van der Waals surface area contributed by atoms with Crippen molar-refractivity contribution in [1.82, 2.24) is 52.3 Å². The second kappa shape index (κ2) is 41.0. The van der Waals surface area contributed by atoms with Gasteiger partial charge in [-0.3, -0.25) is 67.3 Å². The molecule has 2 saturated heterocycles. The summed E-state index contributed by atoms with van der Waals surface area (Å²) in [4.78, 5) is 185. The molecule has 10 atom stereocenters. The van der Waals surface area contributed by atoms with Crippen LogP contribution in [0.5, 0.6) is 0 Å². The van der Waals surface area contributed by atoms with Crippen LogP contribution in [0.3, 0.4) is 0 Å². The number of guanidine groups is 1. The molecule has 2 aromatic rings. The Labute approximate surface area is 558 Å². The summed E-state index contributed by atoms with van der Waals surface area (Å²) in [7, 11) is 0. The van der Waals surface area contributed by atoms with Gasteiger partial charge in [0.25, 0.3) is 0 Å². The highest BCUT2D eigenvalue weighted by atomic mass is 32.2. The molecule has 95 heavy (non-hydrogen) atoms. The average molecular weight is 1350 g/mol. The summed E-state index contributed by atoms with van der Waals surface area (Å²) in [5.74, 6) is -9.80. The Bertz CT molecular complexity index is 2960. The number of thioether (sulfide) groups is 1. The maximum atomic E-state index is 14.7. The fourth-order valence-corrected chi connectivity index (χ4v) is 11.5. The fraction of sp³-hybridized carbons (Fsp3) is 0.587. The second-order valence-corrected chi connectivity index (χ2v) is 25.1. The van der Waals surface area contributed by atoms with Crippen molar-refractivity contribution in [1.29, 1.82) is 0 Å². The van der Waals surface area contributed by atoms with Gasteiger partial charge >= 0.3 is 0 Å². The molecule has 2 aliphatic rings. The van der Waals surface area contributed by atoms with E-state index in [4.69, 9.17) is 40.1 Å². The summed E-state index contributed by atoms with van der Waals surface area (Å²) in [6.45, 7) is 3.86. The van der Waals surface area contributed by atoms with E-state index in [9.17, 15) is 62.3 Å². The monoisotopic (exact) mass is 1350 g/mol. The van der Waals surface area contributed by atoms with Gasteiger partial charge in [-0.25, -0.2) is 0 Å². The summed E-state index contributed by atoms with van der Waals surface area (Å²) in [5.41, 5.74) is 40.6. The number of nitrogens with zero attached hydrogens (tertiary/aromatic N) is 3. The largest absolute Gasteiger partial charge is 0.370 e. The normalized spacial score (nSPS) is 16.8. The predicted octanol–water partition coefficient (Wildman–Crippen LogP) is -3.71. The summed E-state index contributed by atoms with van der Waals surface area (Å²) in [6.07, 6.45) is 3.12. The lowest BCUT2D eigenvalue weighted by molar-refractivity contribution is -0.144.